The highest BCUT2D eigenvalue weighted by Gasteiger charge is 1.97. The lowest BCUT2D eigenvalue weighted by Crippen LogP contribution is -1.84. The van der Waals surface area contributed by atoms with Gasteiger partial charge in [0.05, 0.1) is 5.69 Å². The van der Waals surface area contributed by atoms with Crippen LogP contribution in [-0.2, 0) is 0 Å². The van der Waals surface area contributed by atoms with E-state index < -0.39 is 6.01 Å². The van der Waals surface area contributed by atoms with E-state index in [4.69, 9.17) is 10.2 Å². The minimum Gasteiger partial charge on any atom is -0.493 e. The fourth-order valence-electron chi connectivity index (χ4n) is 0.696. The minimum absolute atomic E-state index is 0.231. The molecular weight excluding hydrogens is 144 g/mol. The van der Waals surface area contributed by atoms with Crippen LogP contribution in [0.15, 0.2) is 12.1 Å². The zero-order chi connectivity index (χ0) is 8.27. The minimum atomic E-state index is -0.418. The highest BCUT2D eigenvalue weighted by Crippen LogP contribution is 2.11. The monoisotopic (exact) mass is 152 g/mol. The topological polar surface area (TPSA) is 66.2 Å². The first-order chi connectivity index (χ1) is 5.22. The Labute approximate surface area is 63.9 Å². The Hall–Kier alpha value is -1.58. The van der Waals surface area contributed by atoms with Crippen molar-refractivity contribution in [3.63, 3.8) is 0 Å². The second-order valence-electron chi connectivity index (χ2n) is 1.95. The highest BCUT2D eigenvalue weighted by atomic mass is 16.3. The third kappa shape index (κ3) is 1.93. The Morgan fingerprint density at radius 3 is 2.64 bits per heavy atom. The predicted molar refractivity (Wildman–Crippen MR) is 40.1 cm³/mol. The average molecular weight is 152 g/mol. The van der Waals surface area contributed by atoms with Crippen molar-refractivity contribution in [2.75, 3.05) is 0 Å². The summed E-state index contributed by atoms with van der Waals surface area (Å²) < 4.78 is 0. The molecule has 0 unspecified atom stereocenters. The van der Waals surface area contributed by atoms with E-state index in [2.05, 4.69) is 9.97 Å². The van der Waals surface area contributed by atoms with Gasteiger partial charge in [-0.15, -0.1) is 0 Å². The molecule has 0 spiro atoms. The maximum Gasteiger partial charge on any atom is 0.317 e. The van der Waals surface area contributed by atoms with Crippen molar-refractivity contribution in [1.82, 2.24) is 9.97 Å². The summed E-state index contributed by atoms with van der Waals surface area (Å²) in [6.07, 6.45) is 3.41. The largest absolute Gasteiger partial charge is 0.493 e. The van der Waals surface area contributed by atoms with Gasteiger partial charge in [0.1, 0.15) is 0 Å². The predicted octanol–water partition coefficient (Wildman–Crippen LogP) is 0.921. The molecule has 2 N–H and O–H groups in total. The van der Waals surface area contributed by atoms with E-state index in [1.807, 2.05) is 6.92 Å². The molecule has 0 aliphatic heterocycles. The van der Waals surface area contributed by atoms with Crippen molar-refractivity contribution in [3.8, 4) is 11.9 Å². The first-order valence-corrected chi connectivity index (χ1v) is 3.12. The van der Waals surface area contributed by atoms with Crippen LogP contribution in [0.2, 0.25) is 0 Å². The summed E-state index contributed by atoms with van der Waals surface area (Å²) in [5.41, 5.74) is 0.484. The van der Waals surface area contributed by atoms with Crippen LogP contribution in [-0.4, -0.2) is 20.2 Å². The van der Waals surface area contributed by atoms with Crippen LogP contribution < -0.4 is 0 Å². The molecule has 0 aliphatic carbocycles. The van der Waals surface area contributed by atoms with Gasteiger partial charge in [-0.2, -0.15) is 9.97 Å². The second-order valence-corrected chi connectivity index (χ2v) is 1.95. The molecule has 58 valence electrons. The fourth-order valence-corrected chi connectivity index (χ4v) is 0.696. The van der Waals surface area contributed by atoms with Crippen LogP contribution in [0.25, 0.3) is 6.08 Å². The lowest BCUT2D eigenvalue weighted by molar-refractivity contribution is 0.397. The molecule has 0 atom stereocenters. The van der Waals surface area contributed by atoms with Gasteiger partial charge in [0.2, 0.25) is 5.88 Å². The Morgan fingerprint density at radius 1 is 1.36 bits per heavy atom. The summed E-state index contributed by atoms with van der Waals surface area (Å²) in [6, 6.07) is 0.942. The standard InChI is InChI=1S/C7H8N2O2/c1-2-3-5-4-6(10)9-7(11)8-5/h2-4H,1H3,(H2,8,9,10,11). The molecule has 0 saturated heterocycles. The molecule has 1 aromatic rings. The molecule has 0 aliphatic rings. The zero-order valence-corrected chi connectivity index (χ0v) is 6.02. The van der Waals surface area contributed by atoms with E-state index in [1.54, 1.807) is 12.2 Å². The van der Waals surface area contributed by atoms with Crippen molar-refractivity contribution >= 4 is 6.08 Å². The van der Waals surface area contributed by atoms with Gasteiger partial charge in [-0.05, 0) is 13.0 Å². The Bertz CT molecular complexity index is 264. The molecule has 1 rings (SSSR count). The maximum atomic E-state index is 8.88. The van der Waals surface area contributed by atoms with Crippen molar-refractivity contribution in [2.45, 2.75) is 6.92 Å². The van der Waals surface area contributed by atoms with Gasteiger partial charge in [-0.3, -0.25) is 0 Å². The van der Waals surface area contributed by atoms with Gasteiger partial charge < -0.3 is 10.2 Å². The summed E-state index contributed by atoms with van der Waals surface area (Å²) >= 11 is 0. The molecule has 11 heavy (non-hydrogen) atoms. The van der Waals surface area contributed by atoms with Crippen LogP contribution in [0.1, 0.15) is 12.6 Å². The lowest BCUT2D eigenvalue weighted by Gasteiger charge is -1.94. The van der Waals surface area contributed by atoms with Gasteiger partial charge in [0.25, 0.3) is 0 Å². The van der Waals surface area contributed by atoms with Crippen LogP contribution in [0.3, 0.4) is 0 Å². The number of aromatic hydroxyl groups is 2. The number of nitrogens with zero attached hydrogens (tertiary/aromatic N) is 2. The lowest BCUT2D eigenvalue weighted by atomic mass is 10.3. The van der Waals surface area contributed by atoms with E-state index in [0.29, 0.717) is 5.69 Å². The molecule has 4 nitrogen and oxygen atoms in total. The number of rotatable bonds is 1. The molecule has 0 radical (unpaired) electrons. The third-order valence-corrected chi connectivity index (χ3v) is 1.06. The SMILES string of the molecule is CC=Cc1cc(O)nc(O)n1. The number of hydrogen-bond acceptors (Lipinski definition) is 4. The summed E-state index contributed by atoms with van der Waals surface area (Å²) in [4.78, 5) is 6.90. The van der Waals surface area contributed by atoms with Crippen molar-refractivity contribution in [1.29, 1.82) is 0 Å². The van der Waals surface area contributed by atoms with Crippen LogP contribution in [0.4, 0.5) is 0 Å². The Morgan fingerprint density at radius 2 is 2.09 bits per heavy atom. The molecule has 0 fully saturated rings. The van der Waals surface area contributed by atoms with Gasteiger partial charge in [-0.25, -0.2) is 0 Å². The zero-order valence-electron chi connectivity index (χ0n) is 6.02. The fraction of sp³-hybridized carbons (Fsp3) is 0.143. The van der Waals surface area contributed by atoms with Crippen molar-refractivity contribution in [3.05, 3.63) is 17.8 Å². The first kappa shape index (κ1) is 7.53. The summed E-state index contributed by atoms with van der Waals surface area (Å²) in [5.74, 6) is -0.231. The summed E-state index contributed by atoms with van der Waals surface area (Å²) in [7, 11) is 0. The van der Waals surface area contributed by atoms with E-state index >= 15 is 0 Å². The third-order valence-electron chi connectivity index (χ3n) is 1.06. The molecule has 1 heterocycles. The number of allylic oxidation sites excluding steroid dienone is 1. The smallest absolute Gasteiger partial charge is 0.317 e. The van der Waals surface area contributed by atoms with Gasteiger partial charge in [0.15, 0.2) is 0 Å². The summed E-state index contributed by atoms with van der Waals surface area (Å²) in [5, 5.41) is 17.7. The molecule has 0 saturated carbocycles. The molecule has 0 amide bonds. The number of hydrogen-bond donors (Lipinski definition) is 2. The molecule has 4 heteroatoms. The Balaban J connectivity index is 3.08. The van der Waals surface area contributed by atoms with E-state index in [1.165, 1.54) is 6.07 Å². The van der Waals surface area contributed by atoms with E-state index in [0.717, 1.165) is 0 Å². The van der Waals surface area contributed by atoms with Gasteiger partial charge in [-0.1, -0.05) is 6.08 Å². The van der Waals surface area contributed by atoms with Gasteiger partial charge in [0, 0.05) is 6.07 Å². The average Bonchev–Trinajstić information content (AvgIpc) is 1.85. The first-order valence-electron chi connectivity index (χ1n) is 3.12. The van der Waals surface area contributed by atoms with Gasteiger partial charge >= 0.3 is 6.01 Å². The molecule has 0 aromatic carbocycles. The van der Waals surface area contributed by atoms with Crippen LogP contribution >= 0.6 is 0 Å². The quantitative estimate of drug-likeness (QED) is 0.628. The second kappa shape index (κ2) is 3.01. The van der Waals surface area contributed by atoms with Crippen LogP contribution in [0.5, 0.6) is 11.9 Å². The molecule has 0 bridgehead atoms. The van der Waals surface area contributed by atoms with Crippen LogP contribution in [0, 0.1) is 0 Å². The van der Waals surface area contributed by atoms with E-state index in [-0.39, 0.29) is 5.88 Å². The highest BCUT2D eigenvalue weighted by molar-refractivity contribution is 5.45. The van der Waals surface area contributed by atoms with Crippen molar-refractivity contribution < 1.29 is 10.2 Å². The normalized spacial score (nSPS) is 10.6. The molecule has 1 aromatic heterocycles. The van der Waals surface area contributed by atoms with E-state index in [9.17, 15) is 0 Å². The summed E-state index contributed by atoms with van der Waals surface area (Å²) in [6.45, 7) is 1.82. The number of aromatic nitrogens is 2. The maximum absolute atomic E-state index is 8.88. The molecular formula is C7H8N2O2. The van der Waals surface area contributed by atoms with Crippen molar-refractivity contribution in [2.24, 2.45) is 0 Å². The Kier molecular flexibility index (Phi) is 2.06.